The monoisotopic (exact) mass is 381 g/mol. The van der Waals surface area contributed by atoms with Gasteiger partial charge in [-0.05, 0) is 47.5 Å². The van der Waals surface area contributed by atoms with Crippen molar-refractivity contribution in [1.29, 1.82) is 0 Å². The van der Waals surface area contributed by atoms with Crippen LogP contribution in [0.25, 0.3) is 0 Å². The van der Waals surface area contributed by atoms with E-state index in [1.165, 1.54) is 5.56 Å². The fraction of sp³-hybridized carbons (Fsp3) is 0.120. The fourth-order valence-electron chi connectivity index (χ4n) is 3.19. The molecule has 4 heteroatoms. The normalized spacial score (nSPS) is 11.7. The lowest BCUT2D eigenvalue weighted by atomic mass is 10.0. The number of aromatic nitrogens is 2. The van der Waals surface area contributed by atoms with Gasteiger partial charge in [0.25, 0.3) is 0 Å². The first kappa shape index (κ1) is 18.8. The van der Waals surface area contributed by atoms with Crippen LogP contribution in [-0.2, 0) is 13.2 Å². The lowest BCUT2D eigenvalue weighted by Crippen LogP contribution is -2.22. The summed E-state index contributed by atoms with van der Waals surface area (Å²) in [5.41, 5.74) is 4.26. The molecule has 4 nitrogen and oxygen atoms in total. The second-order valence-electron chi connectivity index (χ2n) is 6.74. The van der Waals surface area contributed by atoms with Crippen LogP contribution in [0.2, 0.25) is 0 Å². The average molecular weight is 381 g/mol. The molecular formula is C25H23N3O. The minimum absolute atomic E-state index is 0.0236. The summed E-state index contributed by atoms with van der Waals surface area (Å²) in [4.78, 5) is 8.85. The number of hydrogen-bond acceptors (Lipinski definition) is 4. The summed E-state index contributed by atoms with van der Waals surface area (Å²) < 4.78 is 5.91. The van der Waals surface area contributed by atoms with Gasteiger partial charge in [-0.1, -0.05) is 54.6 Å². The van der Waals surface area contributed by atoms with Crippen molar-refractivity contribution in [2.24, 2.45) is 0 Å². The summed E-state index contributed by atoms with van der Waals surface area (Å²) in [5, 5.41) is 3.64. The molecule has 0 aliphatic carbocycles. The summed E-state index contributed by atoms with van der Waals surface area (Å²) in [6.07, 6.45) is 3.61. The van der Waals surface area contributed by atoms with Gasteiger partial charge in [0.2, 0.25) is 0 Å². The zero-order valence-electron chi connectivity index (χ0n) is 16.1. The van der Waals surface area contributed by atoms with Gasteiger partial charge in [-0.3, -0.25) is 9.97 Å². The molecule has 144 valence electrons. The molecule has 1 atom stereocenters. The van der Waals surface area contributed by atoms with Gasteiger partial charge in [0, 0.05) is 18.9 Å². The van der Waals surface area contributed by atoms with Crippen molar-refractivity contribution in [1.82, 2.24) is 15.3 Å². The molecule has 0 fully saturated rings. The van der Waals surface area contributed by atoms with Gasteiger partial charge >= 0.3 is 0 Å². The zero-order valence-corrected chi connectivity index (χ0v) is 16.1. The number of pyridine rings is 2. The highest BCUT2D eigenvalue weighted by Crippen LogP contribution is 2.21. The Morgan fingerprint density at radius 3 is 2.31 bits per heavy atom. The number of hydrogen-bond donors (Lipinski definition) is 1. The van der Waals surface area contributed by atoms with E-state index < -0.39 is 0 Å². The molecule has 0 saturated heterocycles. The Morgan fingerprint density at radius 2 is 1.55 bits per heavy atom. The van der Waals surface area contributed by atoms with Crippen LogP contribution < -0.4 is 10.1 Å². The van der Waals surface area contributed by atoms with E-state index in [0.717, 1.165) is 22.7 Å². The highest BCUT2D eigenvalue weighted by Gasteiger charge is 2.14. The lowest BCUT2D eigenvalue weighted by Gasteiger charge is -2.19. The molecule has 4 rings (SSSR count). The topological polar surface area (TPSA) is 47.0 Å². The minimum atomic E-state index is 0.0236. The molecule has 2 aromatic heterocycles. The van der Waals surface area contributed by atoms with E-state index in [1.807, 2.05) is 54.7 Å². The molecule has 0 bridgehead atoms. The van der Waals surface area contributed by atoms with Crippen molar-refractivity contribution in [3.63, 3.8) is 0 Å². The smallest absolute Gasteiger partial charge is 0.130 e. The standard InChI is InChI=1S/C25H23N3O/c1-2-10-21(11-3-1)25(24-14-5-7-16-27-24)28-18-20-9-8-13-23(17-20)29-19-22-12-4-6-15-26-22/h1-17,25,28H,18-19H2/t25-/m0/s1. The van der Waals surface area contributed by atoms with E-state index in [4.69, 9.17) is 4.74 Å². The number of benzene rings is 2. The Bertz CT molecular complexity index is 968. The number of nitrogens with one attached hydrogen (secondary N) is 1. The molecule has 0 saturated carbocycles. The van der Waals surface area contributed by atoms with Crippen LogP contribution in [0, 0.1) is 0 Å². The second-order valence-corrected chi connectivity index (χ2v) is 6.74. The van der Waals surface area contributed by atoms with Gasteiger partial charge in [-0.25, -0.2) is 0 Å². The van der Waals surface area contributed by atoms with E-state index >= 15 is 0 Å². The van der Waals surface area contributed by atoms with Crippen LogP contribution in [0.1, 0.15) is 28.6 Å². The molecule has 1 N–H and O–H groups in total. The summed E-state index contributed by atoms with van der Waals surface area (Å²) in [6.45, 7) is 1.16. The molecular weight excluding hydrogens is 358 g/mol. The van der Waals surface area contributed by atoms with Gasteiger partial charge in [-0.2, -0.15) is 0 Å². The predicted octanol–water partition coefficient (Wildman–Crippen LogP) is 4.93. The Labute approximate surface area is 171 Å². The Kier molecular flexibility index (Phi) is 6.25. The van der Waals surface area contributed by atoms with Crippen LogP contribution in [0.3, 0.4) is 0 Å². The Balaban J connectivity index is 1.45. The van der Waals surface area contributed by atoms with Crippen LogP contribution in [0.5, 0.6) is 5.75 Å². The Morgan fingerprint density at radius 1 is 0.759 bits per heavy atom. The van der Waals surface area contributed by atoms with Crippen LogP contribution in [0.15, 0.2) is 103 Å². The van der Waals surface area contributed by atoms with Gasteiger partial charge in [-0.15, -0.1) is 0 Å². The fourth-order valence-corrected chi connectivity index (χ4v) is 3.19. The van der Waals surface area contributed by atoms with E-state index in [-0.39, 0.29) is 6.04 Å². The number of nitrogens with zero attached hydrogens (tertiary/aromatic N) is 2. The molecule has 0 amide bonds. The number of rotatable bonds is 8. The molecule has 4 aromatic rings. The molecule has 2 aromatic carbocycles. The summed E-state index contributed by atoms with van der Waals surface area (Å²) in [5.74, 6) is 0.837. The van der Waals surface area contributed by atoms with E-state index in [0.29, 0.717) is 13.2 Å². The van der Waals surface area contributed by atoms with Crippen LogP contribution in [0.4, 0.5) is 0 Å². The summed E-state index contributed by atoms with van der Waals surface area (Å²) in [6, 6.07) is 30.4. The maximum atomic E-state index is 5.91. The van der Waals surface area contributed by atoms with E-state index in [9.17, 15) is 0 Å². The first-order chi connectivity index (χ1) is 14.4. The molecule has 0 radical (unpaired) electrons. The van der Waals surface area contributed by atoms with Crippen molar-refractivity contribution >= 4 is 0 Å². The largest absolute Gasteiger partial charge is 0.487 e. The van der Waals surface area contributed by atoms with Crippen LogP contribution in [-0.4, -0.2) is 9.97 Å². The molecule has 29 heavy (non-hydrogen) atoms. The van der Waals surface area contributed by atoms with Crippen molar-refractivity contribution in [2.75, 3.05) is 0 Å². The average Bonchev–Trinajstić information content (AvgIpc) is 2.80. The highest BCUT2D eigenvalue weighted by atomic mass is 16.5. The number of ether oxygens (including phenoxy) is 1. The van der Waals surface area contributed by atoms with Gasteiger partial charge in [0.15, 0.2) is 0 Å². The predicted molar refractivity (Wildman–Crippen MR) is 114 cm³/mol. The highest BCUT2D eigenvalue weighted by molar-refractivity contribution is 5.31. The Hall–Kier alpha value is -3.50. The SMILES string of the molecule is c1ccc([C@H](NCc2cccc(OCc3ccccn3)c2)c2ccccn2)cc1. The molecule has 0 unspecified atom stereocenters. The molecule has 0 spiro atoms. The van der Waals surface area contributed by atoms with Crippen molar-refractivity contribution in [2.45, 2.75) is 19.2 Å². The second kappa shape index (κ2) is 9.62. The minimum Gasteiger partial charge on any atom is -0.487 e. The van der Waals surface area contributed by atoms with Crippen LogP contribution >= 0.6 is 0 Å². The first-order valence-electron chi connectivity index (χ1n) is 9.69. The van der Waals surface area contributed by atoms with Crippen molar-refractivity contribution in [3.05, 3.63) is 126 Å². The first-order valence-corrected chi connectivity index (χ1v) is 9.69. The summed E-state index contributed by atoms with van der Waals surface area (Å²) >= 11 is 0. The van der Waals surface area contributed by atoms with Gasteiger partial charge in [0.05, 0.1) is 17.4 Å². The van der Waals surface area contributed by atoms with E-state index in [2.05, 4.69) is 57.7 Å². The maximum absolute atomic E-state index is 5.91. The van der Waals surface area contributed by atoms with Gasteiger partial charge in [0.1, 0.15) is 12.4 Å². The lowest BCUT2D eigenvalue weighted by molar-refractivity contribution is 0.301. The third kappa shape index (κ3) is 5.27. The van der Waals surface area contributed by atoms with Crippen molar-refractivity contribution < 1.29 is 4.74 Å². The van der Waals surface area contributed by atoms with Gasteiger partial charge < -0.3 is 10.1 Å². The zero-order chi connectivity index (χ0) is 19.7. The molecule has 2 heterocycles. The molecule has 0 aliphatic heterocycles. The third-order valence-corrected chi connectivity index (χ3v) is 4.64. The third-order valence-electron chi connectivity index (χ3n) is 4.64. The van der Waals surface area contributed by atoms with Crippen molar-refractivity contribution in [3.8, 4) is 5.75 Å². The quantitative estimate of drug-likeness (QED) is 0.470. The summed E-state index contributed by atoms with van der Waals surface area (Å²) in [7, 11) is 0. The maximum Gasteiger partial charge on any atom is 0.130 e. The molecule has 0 aliphatic rings. The van der Waals surface area contributed by atoms with E-state index in [1.54, 1.807) is 6.20 Å².